The Balaban J connectivity index is 1.82. The van der Waals surface area contributed by atoms with Crippen molar-refractivity contribution < 1.29 is 46.5 Å². The van der Waals surface area contributed by atoms with Gasteiger partial charge in [-0.25, -0.2) is 17.9 Å². The summed E-state index contributed by atoms with van der Waals surface area (Å²) in [7, 11) is 0. The number of hydrogen-bond donors (Lipinski definition) is 0. The maximum absolute atomic E-state index is 13.9. The number of thioether (sulfide) groups is 1. The second kappa shape index (κ2) is 12.9. The quantitative estimate of drug-likeness (QED) is 0.208. The van der Waals surface area contributed by atoms with Gasteiger partial charge >= 0.3 is 17.9 Å². The molecular formula is C25H22ClF3N4O7S. The zero-order valence-electron chi connectivity index (χ0n) is 21.6. The van der Waals surface area contributed by atoms with Crippen LogP contribution in [0.25, 0.3) is 11.3 Å². The molecule has 3 aromatic rings. The Bertz CT molecular complexity index is 1440. The molecule has 3 heterocycles. The summed E-state index contributed by atoms with van der Waals surface area (Å²) in [6.07, 6.45) is 0.577. The maximum Gasteiger partial charge on any atom is 0.303 e. The van der Waals surface area contributed by atoms with Crippen LogP contribution in [0.5, 0.6) is 0 Å². The van der Waals surface area contributed by atoms with Crippen LogP contribution in [0, 0.1) is 17.5 Å². The smallest absolute Gasteiger partial charge is 0.303 e. The fourth-order valence-corrected chi connectivity index (χ4v) is 5.50. The van der Waals surface area contributed by atoms with Crippen molar-refractivity contribution in [1.82, 2.24) is 20.0 Å². The molecule has 1 saturated heterocycles. The van der Waals surface area contributed by atoms with E-state index in [0.717, 1.165) is 37.7 Å². The fraction of sp³-hybridized carbons (Fsp3) is 0.360. The van der Waals surface area contributed by atoms with Gasteiger partial charge in [-0.05, 0) is 18.2 Å². The molecule has 1 aromatic carbocycles. The van der Waals surface area contributed by atoms with E-state index in [1.54, 1.807) is 6.07 Å². The monoisotopic (exact) mass is 614 g/mol. The van der Waals surface area contributed by atoms with E-state index < -0.39 is 65.1 Å². The zero-order valence-corrected chi connectivity index (χ0v) is 23.2. The van der Waals surface area contributed by atoms with E-state index in [9.17, 15) is 27.6 Å². The molecule has 4 rings (SSSR count). The first-order valence-electron chi connectivity index (χ1n) is 11.9. The van der Waals surface area contributed by atoms with E-state index in [0.29, 0.717) is 9.92 Å². The molecule has 1 aliphatic rings. The topological polar surface area (TPSA) is 132 Å². The summed E-state index contributed by atoms with van der Waals surface area (Å²) in [5.74, 6) is -6.64. The second-order valence-electron chi connectivity index (χ2n) is 8.78. The molecule has 0 saturated carbocycles. The van der Waals surface area contributed by atoms with Crippen LogP contribution in [0.15, 0.2) is 41.7 Å². The van der Waals surface area contributed by atoms with E-state index in [2.05, 4.69) is 15.3 Å². The maximum atomic E-state index is 13.9. The summed E-state index contributed by atoms with van der Waals surface area (Å²) in [6, 6.07) is 1.90. The van der Waals surface area contributed by atoms with Gasteiger partial charge < -0.3 is 18.9 Å². The average molecular weight is 615 g/mol. The van der Waals surface area contributed by atoms with Crippen molar-refractivity contribution in [3.05, 3.63) is 59.3 Å². The van der Waals surface area contributed by atoms with Gasteiger partial charge in [0, 0.05) is 43.6 Å². The summed E-state index contributed by atoms with van der Waals surface area (Å²) in [5.41, 5.74) is -1.23. The van der Waals surface area contributed by atoms with Gasteiger partial charge in [-0.1, -0.05) is 28.6 Å². The predicted octanol–water partition coefficient (Wildman–Crippen LogP) is 3.90. The summed E-state index contributed by atoms with van der Waals surface area (Å²) >= 11 is 7.14. The molecular weight excluding hydrogens is 593 g/mol. The molecule has 41 heavy (non-hydrogen) atoms. The minimum Gasteiger partial charge on any atom is -0.463 e. The first-order valence-corrected chi connectivity index (χ1v) is 13.2. The fourth-order valence-electron chi connectivity index (χ4n) is 4.13. The number of benzene rings is 1. The van der Waals surface area contributed by atoms with Gasteiger partial charge in [0.25, 0.3) is 0 Å². The number of aromatic nitrogens is 4. The Hall–Kier alpha value is -3.69. The first kappa shape index (κ1) is 30.3. The SMILES string of the molecule is CC(=O)OCC1OC(Sc2cncc(Cl)c2)C(OC(C)=O)C(n2cc(-c3cc(F)c(F)c(F)c3)nn2)C1OC(C)=O. The van der Waals surface area contributed by atoms with Crippen molar-refractivity contribution >= 4 is 41.3 Å². The molecule has 1 fully saturated rings. The highest BCUT2D eigenvalue weighted by atomic mass is 35.5. The number of nitrogens with zero attached hydrogens (tertiary/aromatic N) is 4. The van der Waals surface area contributed by atoms with Crippen molar-refractivity contribution in [2.24, 2.45) is 0 Å². The number of rotatable bonds is 8. The third-order valence-electron chi connectivity index (χ3n) is 5.70. The van der Waals surface area contributed by atoms with Gasteiger partial charge in [0.05, 0.1) is 11.2 Å². The lowest BCUT2D eigenvalue weighted by molar-refractivity contribution is -0.212. The molecule has 11 nitrogen and oxygen atoms in total. The summed E-state index contributed by atoms with van der Waals surface area (Å²) < 4.78 is 65.0. The van der Waals surface area contributed by atoms with Crippen molar-refractivity contribution in [2.45, 2.75) is 55.5 Å². The zero-order chi connectivity index (χ0) is 29.8. The highest BCUT2D eigenvalue weighted by Gasteiger charge is 2.52. The van der Waals surface area contributed by atoms with Crippen LogP contribution in [-0.2, 0) is 33.3 Å². The minimum atomic E-state index is -1.65. The minimum absolute atomic E-state index is 0.0720. The van der Waals surface area contributed by atoms with Crippen molar-refractivity contribution in [2.75, 3.05) is 6.61 Å². The Labute approximate surface area is 240 Å². The van der Waals surface area contributed by atoms with Crippen LogP contribution < -0.4 is 0 Å². The first-order chi connectivity index (χ1) is 19.4. The van der Waals surface area contributed by atoms with Crippen LogP contribution in [0.3, 0.4) is 0 Å². The van der Waals surface area contributed by atoms with Crippen LogP contribution in [-0.4, -0.2) is 68.2 Å². The lowest BCUT2D eigenvalue weighted by atomic mass is 9.96. The van der Waals surface area contributed by atoms with Crippen LogP contribution >= 0.6 is 23.4 Å². The number of ether oxygens (including phenoxy) is 4. The number of carbonyl (C=O) groups is 3. The Morgan fingerprint density at radius 1 is 1.00 bits per heavy atom. The lowest BCUT2D eigenvalue weighted by Gasteiger charge is -2.44. The van der Waals surface area contributed by atoms with E-state index in [-0.39, 0.29) is 17.9 Å². The molecule has 0 amide bonds. The lowest BCUT2D eigenvalue weighted by Crippen LogP contribution is -2.57. The summed E-state index contributed by atoms with van der Waals surface area (Å²) in [6.45, 7) is 3.10. The second-order valence-corrected chi connectivity index (χ2v) is 10.4. The third-order valence-corrected chi connectivity index (χ3v) is 7.01. The van der Waals surface area contributed by atoms with Crippen LogP contribution in [0.1, 0.15) is 26.8 Å². The molecule has 5 unspecified atom stereocenters. The normalized spacial score (nSPS) is 22.2. The molecule has 218 valence electrons. The van der Waals surface area contributed by atoms with Gasteiger partial charge in [0.15, 0.2) is 29.7 Å². The molecule has 5 atom stereocenters. The average Bonchev–Trinajstić information content (AvgIpc) is 3.37. The number of hydrogen-bond acceptors (Lipinski definition) is 11. The van der Waals surface area contributed by atoms with Crippen molar-refractivity contribution in [3.63, 3.8) is 0 Å². The Kier molecular flexibility index (Phi) is 9.50. The van der Waals surface area contributed by atoms with Crippen LogP contribution in [0.2, 0.25) is 5.02 Å². The van der Waals surface area contributed by atoms with E-state index in [4.69, 9.17) is 30.5 Å². The largest absolute Gasteiger partial charge is 0.463 e. The highest BCUT2D eigenvalue weighted by Crippen LogP contribution is 2.41. The van der Waals surface area contributed by atoms with Crippen LogP contribution in [0.4, 0.5) is 13.2 Å². The third kappa shape index (κ3) is 7.34. The van der Waals surface area contributed by atoms with E-state index in [1.807, 2.05) is 0 Å². The molecule has 16 heteroatoms. The standard InChI is InChI=1S/C25H22ClF3N4O7S/c1-11(34)37-10-20-23(38-12(2)35)22(33-9-19(31-32-33)14-4-17(27)21(29)18(28)5-14)24(39-13(3)36)25(40-20)41-16-6-15(26)7-30-8-16/h4-9,20,22-25H,10H2,1-3H3. The molecule has 0 aliphatic carbocycles. The Morgan fingerprint density at radius 2 is 1.66 bits per heavy atom. The van der Waals surface area contributed by atoms with Crippen molar-refractivity contribution in [3.8, 4) is 11.3 Å². The van der Waals surface area contributed by atoms with E-state index >= 15 is 0 Å². The van der Waals surface area contributed by atoms with Crippen molar-refractivity contribution in [1.29, 1.82) is 0 Å². The van der Waals surface area contributed by atoms with Gasteiger partial charge in [0.2, 0.25) is 0 Å². The van der Waals surface area contributed by atoms with E-state index in [1.165, 1.54) is 30.2 Å². The molecule has 2 aromatic heterocycles. The van der Waals surface area contributed by atoms with Gasteiger partial charge in [-0.15, -0.1) is 5.10 Å². The molecule has 0 N–H and O–H groups in total. The number of pyridine rings is 1. The number of esters is 3. The summed E-state index contributed by atoms with van der Waals surface area (Å²) in [5, 5.41) is 8.29. The number of carbonyl (C=O) groups excluding carboxylic acids is 3. The molecule has 0 bridgehead atoms. The molecule has 1 aliphatic heterocycles. The summed E-state index contributed by atoms with van der Waals surface area (Å²) in [4.78, 5) is 40.6. The Morgan fingerprint density at radius 3 is 2.27 bits per heavy atom. The molecule has 0 radical (unpaired) electrons. The van der Waals surface area contributed by atoms with Gasteiger partial charge in [0.1, 0.15) is 29.9 Å². The van der Waals surface area contributed by atoms with Gasteiger partial charge in [-0.3, -0.25) is 19.4 Å². The highest BCUT2D eigenvalue weighted by molar-refractivity contribution is 7.99. The number of halogens is 4. The predicted molar refractivity (Wildman–Crippen MR) is 136 cm³/mol. The molecule has 0 spiro atoms. The van der Waals surface area contributed by atoms with Gasteiger partial charge in [-0.2, -0.15) is 0 Å².